The van der Waals surface area contributed by atoms with Crippen molar-refractivity contribution in [1.82, 2.24) is 9.97 Å². The number of aryl methyl sites for hydroxylation is 1. The maximum Gasteiger partial charge on any atom is 0.340 e. The van der Waals surface area contributed by atoms with Crippen molar-refractivity contribution < 1.29 is 9.53 Å². The van der Waals surface area contributed by atoms with Crippen LogP contribution in [-0.2, 0) is 11.3 Å². The Bertz CT molecular complexity index is 627. The quantitative estimate of drug-likeness (QED) is 0.866. The summed E-state index contributed by atoms with van der Waals surface area (Å²) in [7, 11) is 3.23. The minimum Gasteiger partial charge on any atom is -0.465 e. The Hall–Kier alpha value is -2.15. The van der Waals surface area contributed by atoms with Crippen molar-refractivity contribution in [2.24, 2.45) is 0 Å². The van der Waals surface area contributed by atoms with Gasteiger partial charge >= 0.3 is 5.97 Å². The van der Waals surface area contributed by atoms with Crippen LogP contribution < -0.4 is 10.6 Å². The zero-order valence-corrected chi connectivity index (χ0v) is 12.4. The van der Waals surface area contributed by atoms with Gasteiger partial charge in [0.05, 0.1) is 42.3 Å². The van der Waals surface area contributed by atoms with Crippen LogP contribution in [0.3, 0.4) is 0 Å². The molecule has 0 aliphatic heterocycles. The van der Waals surface area contributed by atoms with Crippen LogP contribution in [0.5, 0.6) is 0 Å². The van der Waals surface area contributed by atoms with Gasteiger partial charge in [0, 0.05) is 11.9 Å². The van der Waals surface area contributed by atoms with Crippen molar-refractivity contribution in [2.45, 2.75) is 13.5 Å². The fourth-order valence-corrected chi connectivity index (χ4v) is 2.55. The third-order valence-electron chi connectivity index (χ3n) is 2.94. The normalized spacial score (nSPS) is 10.3. The van der Waals surface area contributed by atoms with Gasteiger partial charge in [-0.05, 0) is 13.0 Å². The van der Waals surface area contributed by atoms with E-state index in [2.05, 4.69) is 9.97 Å². The molecule has 6 nitrogen and oxygen atoms in total. The molecule has 2 aromatic heterocycles. The van der Waals surface area contributed by atoms with Crippen LogP contribution in [0.4, 0.5) is 11.5 Å². The molecular formula is C13H16N4O2S. The van der Waals surface area contributed by atoms with Crippen molar-refractivity contribution in [3.8, 4) is 0 Å². The summed E-state index contributed by atoms with van der Waals surface area (Å²) >= 11 is 1.59. The summed E-state index contributed by atoms with van der Waals surface area (Å²) in [5.41, 5.74) is 9.19. The number of anilines is 2. The van der Waals surface area contributed by atoms with E-state index in [-0.39, 0.29) is 0 Å². The number of carbonyl (C=O) groups is 1. The second kappa shape index (κ2) is 5.87. The number of nitrogens with two attached hydrogens (primary N) is 1. The molecule has 0 saturated heterocycles. The number of thiazole rings is 1. The minimum absolute atomic E-state index is 0.308. The standard InChI is InChI=1S/C13H16N4O2S/c1-8-11(20-7-16-8)6-17(2)12-4-9(13(18)19-3)10(14)5-15-12/h4-5,7H,6,14H2,1-3H3. The summed E-state index contributed by atoms with van der Waals surface area (Å²) in [5.74, 6) is 0.195. The van der Waals surface area contributed by atoms with Crippen LogP contribution in [0, 0.1) is 6.92 Å². The van der Waals surface area contributed by atoms with Crippen LogP contribution in [0.2, 0.25) is 0 Å². The first-order valence-corrected chi connectivity index (χ1v) is 6.84. The molecule has 0 amide bonds. The molecule has 106 valence electrons. The zero-order valence-electron chi connectivity index (χ0n) is 11.6. The van der Waals surface area contributed by atoms with E-state index in [0.717, 1.165) is 10.6 Å². The number of methoxy groups -OCH3 is 1. The van der Waals surface area contributed by atoms with Crippen LogP contribution in [0.1, 0.15) is 20.9 Å². The van der Waals surface area contributed by atoms with Gasteiger partial charge < -0.3 is 15.4 Å². The van der Waals surface area contributed by atoms with E-state index in [1.54, 1.807) is 17.4 Å². The molecule has 0 radical (unpaired) electrons. The van der Waals surface area contributed by atoms with Gasteiger partial charge in [-0.3, -0.25) is 0 Å². The molecule has 2 aromatic rings. The number of carbonyl (C=O) groups excluding carboxylic acids is 1. The van der Waals surface area contributed by atoms with Gasteiger partial charge in [0.2, 0.25) is 0 Å². The molecule has 0 spiro atoms. The maximum atomic E-state index is 11.6. The van der Waals surface area contributed by atoms with Crippen molar-refractivity contribution in [3.05, 3.63) is 33.9 Å². The Morgan fingerprint density at radius 3 is 2.85 bits per heavy atom. The highest BCUT2D eigenvalue weighted by molar-refractivity contribution is 7.09. The Labute approximate surface area is 121 Å². The van der Waals surface area contributed by atoms with Gasteiger partial charge in [0.1, 0.15) is 5.82 Å². The number of nitrogen functional groups attached to an aromatic ring is 1. The van der Waals surface area contributed by atoms with Crippen molar-refractivity contribution in [1.29, 1.82) is 0 Å². The average molecular weight is 292 g/mol. The lowest BCUT2D eigenvalue weighted by molar-refractivity contribution is 0.0602. The molecule has 20 heavy (non-hydrogen) atoms. The van der Waals surface area contributed by atoms with Crippen LogP contribution >= 0.6 is 11.3 Å². The van der Waals surface area contributed by atoms with Gasteiger partial charge in [-0.25, -0.2) is 14.8 Å². The Morgan fingerprint density at radius 2 is 2.25 bits per heavy atom. The van der Waals surface area contributed by atoms with E-state index in [0.29, 0.717) is 23.6 Å². The largest absolute Gasteiger partial charge is 0.465 e. The lowest BCUT2D eigenvalue weighted by Gasteiger charge is -2.18. The maximum absolute atomic E-state index is 11.6. The topological polar surface area (TPSA) is 81.3 Å². The van der Waals surface area contributed by atoms with E-state index in [1.165, 1.54) is 13.3 Å². The van der Waals surface area contributed by atoms with Crippen LogP contribution in [0.15, 0.2) is 17.8 Å². The predicted octanol–water partition coefficient (Wildman–Crippen LogP) is 1.85. The molecule has 0 fully saturated rings. The third kappa shape index (κ3) is 2.88. The Kier molecular flexibility index (Phi) is 4.19. The summed E-state index contributed by atoms with van der Waals surface area (Å²) in [6, 6.07) is 1.64. The highest BCUT2D eigenvalue weighted by Crippen LogP contribution is 2.21. The number of esters is 1. The van der Waals surface area contributed by atoms with Crippen molar-refractivity contribution in [2.75, 3.05) is 24.8 Å². The summed E-state index contributed by atoms with van der Waals surface area (Å²) in [6.45, 7) is 2.64. The second-order valence-corrected chi connectivity index (χ2v) is 5.28. The molecular weight excluding hydrogens is 276 g/mol. The van der Waals surface area contributed by atoms with Crippen molar-refractivity contribution >= 4 is 28.8 Å². The number of aromatic nitrogens is 2. The number of hydrogen-bond donors (Lipinski definition) is 1. The van der Waals surface area contributed by atoms with Gasteiger partial charge in [0.15, 0.2) is 0 Å². The molecule has 7 heteroatoms. The van der Waals surface area contributed by atoms with Gasteiger partial charge in [-0.15, -0.1) is 11.3 Å². The van der Waals surface area contributed by atoms with Gasteiger partial charge in [-0.1, -0.05) is 0 Å². The molecule has 0 aromatic carbocycles. The van der Waals surface area contributed by atoms with Crippen LogP contribution in [0.25, 0.3) is 0 Å². The highest BCUT2D eigenvalue weighted by Gasteiger charge is 2.14. The zero-order chi connectivity index (χ0) is 14.7. The van der Waals surface area contributed by atoms with Crippen LogP contribution in [-0.4, -0.2) is 30.1 Å². The molecule has 0 bridgehead atoms. The van der Waals surface area contributed by atoms with E-state index in [1.807, 2.05) is 24.4 Å². The molecule has 0 unspecified atom stereocenters. The van der Waals surface area contributed by atoms with Gasteiger partial charge in [-0.2, -0.15) is 0 Å². The molecule has 0 saturated carbocycles. The summed E-state index contributed by atoms with van der Waals surface area (Å²) in [5, 5.41) is 0. The molecule has 2 heterocycles. The number of rotatable bonds is 4. The molecule has 2 rings (SSSR count). The lowest BCUT2D eigenvalue weighted by Crippen LogP contribution is -2.19. The second-order valence-electron chi connectivity index (χ2n) is 4.34. The molecule has 2 N–H and O–H groups in total. The van der Waals surface area contributed by atoms with E-state index in [9.17, 15) is 4.79 Å². The first-order chi connectivity index (χ1) is 9.52. The molecule has 0 aliphatic rings. The smallest absolute Gasteiger partial charge is 0.340 e. The van der Waals surface area contributed by atoms with Crippen molar-refractivity contribution in [3.63, 3.8) is 0 Å². The number of pyridine rings is 1. The average Bonchev–Trinajstić information content (AvgIpc) is 2.84. The number of hydrogen-bond acceptors (Lipinski definition) is 7. The first-order valence-electron chi connectivity index (χ1n) is 5.97. The van der Waals surface area contributed by atoms with E-state index < -0.39 is 5.97 Å². The first kappa shape index (κ1) is 14.3. The third-order valence-corrected chi connectivity index (χ3v) is 3.86. The number of ether oxygens (including phenoxy) is 1. The minimum atomic E-state index is -0.464. The summed E-state index contributed by atoms with van der Waals surface area (Å²) in [6.07, 6.45) is 1.47. The SMILES string of the molecule is COC(=O)c1cc(N(C)Cc2scnc2C)ncc1N. The predicted molar refractivity (Wildman–Crippen MR) is 78.9 cm³/mol. The summed E-state index contributed by atoms with van der Waals surface area (Å²) in [4.78, 5) is 23.2. The fraction of sp³-hybridized carbons (Fsp3) is 0.308. The summed E-state index contributed by atoms with van der Waals surface area (Å²) < 4.78 is 4.70. The van der Waals surface area contributed by atoms with Gasteiger partial charge in [0.25, 0.3) is 0 Å². The lowest BCUT2D eigenvalue weighted by atomic mass is 10.2. The Balaban J connectivity index is 2.24. The molecule has 0 atom stereocenters. The highest BCUT2D eigenvalue weighted by atomic mass is 32.1. The molecule has 0 aliphatic carbocycles. The monoisotopic (exact) mass is 292 g/mol. The van der Waals surface area contributed by atoms with E-state index in [4.69, 9.17) is 10.5 Å². The fourth-order valence-electron chi connectivity index (χ4n) is 1.72. The Morgan fingerprint density at radius 1 is 1.50 bits per heavy atom. The van der Waals surface area contributed by atoms with E-state index >= 15 is 0 Å². The number of nitrogens with zero attached hydrogens (tertiary/aromatic N) is 3.